The molecule has 0 aliphatic carbocycles. The third-order valence-corrected chi connectivity index (χ3v) is 4.11. The second kappa shape index (κ2) is 7.16. The third-order valence-electron chi connectivity index (χ3n) is 4.11. The Morgan fingerprint density at radius 1 is 1.25 bits per heavy atom. The number of primary amides is 1. The van der Waals surface area contributed by atoms with Crippen LogP contribution in [0.25, 0.3) is 5.69 Å². The van der Waals surface area contributed by atoms with Crippen LogP contribution in [0, 0.1) is 6.92 Å². The minimum atomic E-state index is -0.682. The predicted octanol–water partition coefficient (Wildman–Crippen LogP) is 2.17. The molecule has 2 aromatic rings. The lowest BCUT2D eigenvalue weighted by atomic mass is 10.1. The van der Waals surface area contributed by atoms with Crippen molar-refractivity contribution in [2.75, 3.05) is 18.0 Å². The molecule has 1 aromatic heterocycles. The number of carbonyl (C=O) groups excluding carboxylic acids is 1. The van der Waals surface area contributed by atoms with E-state index in [1.807, 2.05) is 41.9 Å². The average molecular weight is 326 g/mol. The molecule has 3 N–H and O–H groups in total. The number of nitrogens with one attached hydrogen (secondary N) is 1. The zero-order valence-electron chi connectivity index (χ0n) is 13.8. The van der Waals surface area contributed by atoms with E-state index in [1.54, 1.807) is 6.21 Å². The Hall–Kier alpha value is -2.83. The second-order valence-electron chi connectivity index (χ2n) is 5.85. The number of hydrazone groups is 1. The van der Waals surface area contributed by atoms with Gasteiger partial charge in [-0.25, -0.2) is 14.9 Å². The second-order valence-corrected chi connectivity index (χ2v) is 5.85. The highest BCUT2D eigenvalue weighted by molar-refractivity contribution is 5.89. The summed E-state index contributed by atoms with van der Waals surface area (Å²) in [6, 6.07) is 9.35. The van der Waals surface area contributed by atoms with Gasteiger partial charge in [-0.15, -0.1) is 0 Å². The van der Waals surface area contributed by atoms with E-state index in [4.69, 9.17) is 10.8 Å². The number of nitrogens with two attached hydrogens (primary N) is 1. The Balaban J connectivity index is 2.05. The molecule has 0 radical (unpaired) electrons. The molecule has 0 spiro atoms. The van der Waals surface area contributed by atoms with Crippen LogP contribution in [0.2, 0.25) is 0 Å². The first-order chi connectivity index (χ1) is 11.7. The Morgan fingerprint density at radius 2 is 1.96 bits per heavy atom. The summed E-state index contributed by atoms with van der Waals surface area (Å²) in [5, 5.41) is 8.63. The summed E-state index contributed by atoms with van der Waals surface area (Å²) in [6.07, 6.45) is 5.20. The molecule has 0 saturated carbocycles. The quantitative estimate of drug-likeness (QED) is 0.666. The van der Waals surface area contributed by atoms with Crippen LogP contribution in [-0.2, 0) is 0 Å². The number of anilines is 1. The first-order valence-corrected chi connectivity index (χ1v) is 8.15. The van der Waals surface area contributed by atoms with Crippen molar-refractivity contribution in [3.05, 3.63) is 41.6 Å². The number of hydrogen-bond donors (Lipinski definition) is 2. The van der Waals surface area contributed by atoms with Crippen LogP contribution in [0.15, 0.2) is 35.4 Å². The minimum absolute atomic E-state index is 0.682. The Morgan fingerprint density at radius 3 is 2.62 bits per heavy atom. The van der Waals surface area contributed by atoms with Gasteiger partial charge in [-0.1, -0.05) is 18.2 Å². The Bertz CT molecular complexity index is 731. The van der Waals surface area contributed by atoms with Crippen LogP contribution >= 0.6 is 0 Å². The SMILES string of the molecule is Cc1nn(-c2ccccc2)c(N2CCCCC2)c1/C=N/NC(N)=O. The van der Waals surface area contributed by atoms with E-state index in [1.165, 1.54) is 6.42 Å². The zero-order valence-corrected chi connectivity index (χ0v) is 13.8. The number of amides is 2. The highest BCUT2D eigenvalue weighted by Crippen LogP contribution is 2.28. The third kappa shape index (κ3) is 3.40. The summed E-state index contributed by atoms with van der Waals surface area (Å²) in [6.45, 7) is 3.92. The van der Waals surface area contributed by atoms with Crippen LogP contribution in [0.4, 0.5) is 10.6 Å². The molecule has 7 heteroatoms. The predicted molar refractivity (Wildman–Crippen MR) is 94.7 cm³/mol. The van der Waals surface area contributed by atoms with Gasteiger partial charge in [-0.05, 0) is 38.3 Å². The molecular weight excluding hydrogens is 304 g/mol. The molecule has 2 heterocycles. The summed E-state index contributed by atoms with van der Waals surface area (Å²) < 4.78 is 1.95. The summed E-state index contributed by atoms with van der Waals surface area (Å²) >= 11 is 0. The summed E-state index contributed by atoms with van der Waals surface area (Å²) in [5.41, 5.74) is 10.1. The van der Waals surface area contributed by atoms with Crippen molar-refractivity contribution in [2.24, 2.45) is 10.8 Å². The van der Waals surface area contributed by atoms with Crippen molar-refractivity contribution in [1.82, 2.24) is 15.2 Å². The van der Waals surface area contributed by atoms with Crippen molar-refractivity contribution >= 4 is 18.1 Å². The molecule has 1 aliphatic rings. The molecule has 3 rings (SSSR count). The summed E-state index contributed by atoms with van der Waals surface area (Å²) in [4.78, 5) is 13.2. The number of aryl methyl sites for hydroxylation is 1. The van der Waals surface area contributed by atoms with Crippen LogP contribution in [0.1, 0.15) is 30.5 Å². The first kappa shape index (κ1) is 16.0. The summed E-state index contributed by atoms with van der Waals surface area (Å²) in [7, 11) is 0. The largest absolute Gasteiger partial charge is 0.356 e. The van der Waals surface area contributed by atoms with Crippen molar-refractivity contribution in [1.29, 1.82) is 0 Å². The molecular formula is C17H22N6O. The van der Waals surface area contributed by atoms with Gasteiger partial charge in [0.05, 0.1) is 23.2 Å². The molecule has 126 valence electrons. The summed E-state index contributed by atoms with van der Waals surface area (Å²) in [5.74, 6) is 1.01. The van der Waals surface area contributed by atoms with Crippen molar-refractivity contribution in [2.45, 2.75) is 26.2 Å². The van der Waals surface area contributed by atoms with E-state index < -0.39 is 6.03 Å². The number of rotatable bonds is 4. The molecule has 1 aromatic carbocycles. The van der Waals surface area contributed by atoms with E-state index in [9.17, 15) is 4.79 Å². The van der Waals surface area contributed by atoms with Crippen molar-refractivity contribution < 1.29 is 4.79 Å². The lowest BCUT2D eigenvalue weighted by Crippen LogP contribution is -2.32. The fourth-order valence-electron chi connectivity index (χ4n) is 3.00. The van der Waals surface area contributed by atoms with Crippen LogP contribution in [-0.4, -0.2) is 35.1 Å². The molecule has 1 aliphatic heterocycles. The smallest absolute Gasteiger partial charge is 0.332 e. The molecule has 1 fully saturated rings. The fraction of sp³-hybridized carbons (Fsp3) is 0.353. The van der Waals surface area contributed by atoms with E-state index in [0.29, 0.717) is 0 Å². The Kier molecular flexibility index (Phi) is 4.79. The van der Waals surface area contributed by atoms with E-state index >= 15 is 0 Å². The molecule has 1 saturated heterocycles. The monoisotopic (exact) mass is 326 g/mol. The lowest BCUT2D eigenvalue weighted by Gasteiger charge is -2.29. The molecule has 0 bridgehead atoms. The van der Waals surface area contributed by atoms with Gasteiger partial charge >= 0.3 is 6.03 Å². The average Bonchev–Trinajstić information content (AvgIpc) is 2.93. The minimum Gasteiger partial charge on any atom is -0.356 e. The number of benzene rings is 1. The van der Waals surface area contributed by atoms with Gasteiger partial charge in [0.1, 0.15) is 5.82 Å². The zero-order chi connectivity index (χ0) is 16.9. The van der Waals surface area contributed by atoms with E-state index in [0.717, 1.165) is 48.7 Å². The normalized spacial score (nSPS) is 15.0. The number of carbonyl (C=O) groups is 1. The molecule has 7 nitrogen and oxygen atoms in total. The number of urea groups is 1. The number of para-hydroxylation sites is 1. The van der Waals surface area contributed by atoms with Gasteiger partial charge in [0.2, 0.25) is 0 Å². The van der Waals surface area contributed by atoms with Gasteiger partial charge in [0.15, 0.2) is 0 Å². The molecule has 24 heavy (non-hydrogen) atoms. The maximum atomic E-state index is 10.9. The van der Waals surface area contributed by atoms with Gasteiger partial charge in [-0.2, -0.15) is 10.2 Å². The highest BCUT2D eigenvalue weighted by atomic mass is 16.2. The standard InChI is InChI=1S/C17H22N6O/c1-13-15(12-19-20-17(18)24)16(22-10-6-3-7-11-22)23(21-13)14-8-4-2-5-9-14/h2,4-5,8-9,12H,3,6-7,10-11H2,1H3,(H3,18,20,24)/b19-12+. The molecule has 0 unspecified atom stereocenters. The first-order valence-electron chi connectivity index (χ1n) is 8.15. The van der Waals surface area contributed by atoms with Crippen LogP contribution in [0.3, 0.4) is 0 Å². The molecule has 0 atom stereocenters. The van der Waals surface area contributed by atoms with Gasteiger partial charge < -0.3 is 10.6 Å². The maximum Gasteiger partial charge on any atom is 0.332 e. The highest BCUT2D eigenvalue weighted by Gasteiger charge is 2.22. The van der Waals surface area contributed by atoms with Crippen LogP contribution in [0.5, 0.6) is 0 Å². The van der Waals surface area contributed by atoms with Gasteiger partial charge in [0, 0.05) is 13.1 Å². The van der Waals surface area contributed by atoms with E-state index in [2.05, 4.69) is 15.4 Å². The number of aromatic nitrogens is 2. The Labute approximate surface area is 141 Å². The lowest BCUT2D eigenvalue weighted by molar-refractivity contribution is 0.249. The number of nitrogens with zero attached hydrogens (tertiary/aromatic N) is 4. The fourth-order valence-corrected chi connectivity index (χ4v) is 3.00. The van der Waals surface area contributed by atoms with Crippen molar-refractivity contribution in [3.8, 4) is 5.69 Å². The number of piperidine rings is 1. The topological polar surface area (TPSA) is 88.5 Å². The maximum absolute atomic E-state index is 10.9. The number of hydrogen-bond acceptors (Lipinski definition) is 4. The van der Waals surface area contributed by atoms with Crippen molar-refractivity contribution in [3.63, 3.8) is 0 Å². The van der Waals surface area contributed by atoms with Gasteiger partial charge in [-0.3, -0.25) is 0 Å². The van der Waals surface area contributed by atoms with Crippen LogP contribution < -0.4 is 16.1 Å². The molecule has 2 amide bonds. The van der Waals surface area contributed by atoms with Gasteiger partial charge in [0.25, 0.3) is 0 Å². The van der Waals surface area contributed by atoms with E-state index in [-0.39, 0.29) is 0 Å².